The number of aromatic nitrogens is 3. The third-order valence-electron chi connectivity index (χ3n) is 2.55. The van der Waals surface area contributed by atoms with Crippen LogP contribution in [0.5, 0.6) is 0 Å². The predicted octanol–water partition coefficient (Wildman–Crippen LogP) is 2.24. The third-order valence-corrected chi connectivity index (χ3v) is 3.62. The molecule has 0 aromatic carbocycles. The van der Waals surface area contributed by atoms with Crippen molar-refractivity contribution >= 4 is 39.5 Å². The van der Waals surface area contributed by atoms with E-state index in [-0.39, 0.29) is 0 Å². The molecular weight excluding hydrogens is 266 g/mol. The fourth-order valence-electron chi connectivity index (χ4n) is 1.51. The second-order valence-corrected chi connectivity index (χ2v) is 5.22. The molecule has 0 aliphatic carbocycles. The lowest BCUT2D eigenvalue weighted by atomic mass is 10.1. The molecule has 0 unspecified atom stereocenters. The molecule has 2 aromatic rings. The fourth-order valence-corrected chi connectivity index (χ4v) is 2.45. The molecule has 0 saturated heterocycles. The Morgan fingerprint density at radius 3 is 2.61 bits per heavy atom. The van der Waals surface area contributed by atoms with E-state index in [1.807, 2.05) is 26.2 Å². The van der Waals surface area contributed by atoms with Crippen molar-refractivity contribution in [1.29, 1.82) is 0 Å². The number of hydrogen-bond donors (Lipinski definition) is 2. The highest BCUT2D eigenvalue weighted by Crippen LogP contribution is 2.24. The van der Waals surface area contributed by atoms with Crippen molar-refractivity contribution in [3.63, 3.8) is 0 Å². The van der Waals surface area contributed by atoms with Crippen LogP contribution in [0.15, 0.2) is 5.38 Å². The highest BCUT2D eigenvalue weighted by molar-refractivity contribution is 7.80. The molecule has 0 atom stereocenters. The summed E-state index contributed by atoms with van der Waals surface area (Å²) in [6.07, 6.45) is 0. The zero-order chi connectivity index (χ0) is 13.3. The maximum Gasteiger partial charge on any atom is 0.188 e. The van der Waals surface area contributed by atoms with Gasteiger partial charge in [-0.25, -0.2) is 4.98 Å². The molecule has 0 radical (unpaired) electrons. The van der Waals surface area contributed by atoms with Crippen molar-refractivity contribution in [2.24, 2.45) is 5.73 Å². The van der Waals surface area contributed by atoms with Gasteiger partial charge in [0.1, 0.15) is 4.99 Å². The lowest BCUT2D eigenvalue weighted by Crippen LogP contribution is -2.16. The van der Waals surface area contributed by atoms with Crippen molar-refractivity contribution in [3.8, 4) is 0 Å². The van der Waals surface area contributed by atoms with Crippen LogP contribution in [0.2, 0.25) is 0 Å². The van der Waals surface area contributed by atoms with Crippen molar-refractivity contribution < 1.29 is 0 Å². The van der Waals surface area contributed by atoms with Gasteiger partial charge < -0.3 is 11.1 Å². The van der Waals surface area contributed by atoms with Crippen molar-refractivity contribution in [1.82, 2.24) is 15.2 Å². The first-order valence-corrected chi connectivity index (χ1v) is 6.60. The normalized spacial score (nSPS) is 10.4. The molecule has 0 spiro atoms. The van der Waals surface area contributed by atoms with Gasteiger partial charge in [0, 0.05) is 5.38 Å². The first kappa shape index (κ1) is 12.8. The molecule has 0 amide bonds. The van der Waals surface area contributed by atoms with Crippen LogP contribution in [0.1, 0.15) is 22.5 Å². The Morgan fingerprint density at radius 2 is 2.06 bits per heavy atom. The standard InChI is InChI=1S/C11H13N5S2/c1-5-4-18-11(13-5)14-10-8(9(12)17)6(2)7(3)15-16-10/h4H,1-3H3,(H2,12,17)(H,13,14,16). The number of rotatable bonds is 3. The van der Waals surface area contributed by atoms with E-state index in [2.05, 4.69) is 20.5 Å². The average molecular weight is 279 g/mol. The van der Waals surface area contributed by atoms with Crippen LogP contribution in [0.3, 0.4) is 0 Å². The molecule has 2 rings (SSSR count). The van der Waals surface area contributed by atoms with Crippen LogP contribution < -0.4 is 11.1 Å². The number of thiazole rings is 1. The molecule has 2 aromatic heterocycles. The minimum Gasteiger partial charge on any atom is -0.389 e. The van der Waals surface area contributed by atoms with Gasteiger partial charge in [-0.05, 0) is 26.3 Å². The van der Waals surface area contributed by atoms with E-state index in [1.165, 1.54) is 11.3 Å². The molecular formula is C11H13N5S2. The molecule has 3 N–H and O–H groups in total. The number of anilines is 2. The van der Waals surface area contributed by atoms with Crippen LogP contribution >= 0.6 is 23.6 Å². The minimum absolute atomic E-state index is 0.307. The maximum absolute atomic E-state index is 5.75. The molecule has 94 valence electrons. The number of nitrogens with one attached hydrogen (secondary N) is 1. The molecule has 0 bridgehead atoms. The molecule has 0 fully saturated rings. The van der Waals surface area contributed by atoms with Gasteiger partial charge >= 0.3 is 0 Å². The summed E-state index contributed by atoms with van der Waals surface area (Å²) in [7, 11) is 0. The summed E-state index contributed by atoms with van der Waals surface area (Å²) in [5, 5.41) is 14.0. The summed E-state index contributed by atoms with van der Waals surface area (Å²) in [5.41, 5.74) is 9.19. The van der Waals surface area contributed by atoms with Crippen LogP contribution in [0.25, 0.3) is 0 Å². The average Bonchev–Trinajstić information content (AvgIpc) is 2.69. The molecule has 18 heavy (non-hydrogen) atoms. The van der Waals surface area contributed by atoms with Crippen molar-refractivity contribution in [2.75, 3.05) is 5.32 Å². The van der Waals surface area contributed by atoms with Gasteiger partial charge in [-0.15, -0.1) is 16.4 Å². The SMILES string of the molecule is Cc1csc(Nc2nnc(C)c(C)c2C(N)=S)n1. The second-order valence-electron chi connectivity index (χ2n) is 3.92. The number of aryl methyl sites for hydroxylation is 2. The van der Waals surface area contributed by atoms with Gasteiger partial charge in [-0.2, -0.15) is 5.10 Å². The van der Waals surface area contributed by atoms with E-state index in [0.29, 0.717) is 10.8 Å². The van der Waals surface area contributed by atoms with Crippen molar-refractivity contribution in [2.45, 2.75) is 20.8 Å². The summed E-state index contributed by atoms with van der Waals surface area (Å²) in [5.74, 6) is 0.556. The molecule has 0 aliphatic rings. The lowest BCUT2D eigenvalue weighted by Gasteiger charge is -2.11. The van der Waals surface area contributed by atoms with Gasteiger partial charge in [-0.1, -0.05) is 12.2 Å². The summed E-state index contributed by atoms with van der Waals surface area (Å²) >= 11 is 6.57. The Balaban J connectivity index is 2.44. The van der Waals surface area contributed by atoms with Crippen LogP contribution in [0.4, 0.5) is 10.9 Å². The van der Waals surface area contributed by atoms with E-state index in [9.17, 15) is 0 Å². The predicted molar refractivity (Wildman–Crippen MR) is 77.5 cm³/mol. The van der Waals surface area contributed by atoms with E-state index in [1.54, 1.807) is 0 Å². The Hall–Kier alpha value is -1.60. The first-order valence-electron chi connectivity index (χ1n) is 5.32. The number of nitrogens with two attached hydrogens (primary N) is 1. The van der Waals surface area contributed by atoms with E-state index in [0.717, 1.165) is 27.6 Å². The van der Waals surface area contributed by atoms with Crippen LogP contribution in [-0.4, -0.2) is 20.2 Å². The monoisotopic (exact) mass is 279 g/mol. The lowest BCUT2D eigenvalue weighted by molar-refractivity contribution is 0.962. The zero-order valence-corrected chi connectivity index (χ0v) is 11.9. The van der Waals surface area contributed by atoms with Gasteiger partial charge in [0.2, 0.25) is 0 Å². The Kier molecular flexibility index (Phi) is 3.53. The van der Waals surface area contributed by atoms with Crippen LogP contribution in [-0.2, 0) is 0 Å². The largest absolute Gasteiger partial charge is 0.389 e. The number of nitrogens with zero attached hydrogens (tertiary/aromatic N) is 3. The molecule has 7 heteroatoms. The van der Waals surface area contributed by atoms with E-state index < -0.39 is 0 Å². The second kappa shape index (κ2) is 4.95. The first-order chi connectivity index (χ1) is 8.49. The van der Waals surface area contributed by atoms with Gasteiger partial charge in [0.15, 0.2) is 10.9 Å². The smallest absolute Gasteiger partial charge is 0.188 e. The quantitative estimate of drug-likeness (QED) is 0.839. The molecule has 0 saturated carbocycles. The minimum atomic E-state index is 0.307. The number of thiocarbonyl (C=S) groups is 1. The summed E-state index contributed by atoms with van der Waals surface area (Å²) in [6.45, 7) is 5.74. The molecule has 5 nitrogen and oxygen atoms in total. The van der Waals surface area contributed by atoms with Crippen molar-refractivity contribution in [3.05, 3.63) is 27.9 Å². The Morgan fingerprint density at radius 1 is 1.33 bits per heavy atom. The highest BCUT2D eigenvalue weighted by Gasteiger charge is 2.14. The van der Waals surface area contributed by atoms with Gasteiger partial charge in [0.05, 0.1) is 17.0 Å². The van der Waals surface area contributed by atoms with Gasteiger partial charge in [0.25, 0.3) is 0 Å². The number of hydrogen-bond acceptors (Lipinski definition) is 6. The van der Waals surface area contributed by atoms with Crippen LogP contribution in [0, 0.1) is 20.8 Å². The summed E-state index contributed by atoms with van der Waals surface area (Å²) in [6, 6.07) is 0. The third kappa shape index (κ3) is 2.46. The Labute approximate surface area is 114 Å². The topological polar surface area (TPSA) is 76.7 Å². The molecule has 2 heterocycles. The van der Waals surface area contributed by atoms with E-state index >= 15 is 0 Å². The highest BCUT2D eigenvalue weighted by atomic mass is 32.1. The zero-order valence-electron chi connectivity index (χ0n) is 10.3. The maximum atomic E-state index is 5.75. The summed E-state index contributed by atoms with van der Waals surface area (Å²) in [4.78, 5) is 4.62. The van der Waals surface area contributed by atoms with Gasteiger partial charge in [-0.3, -0.25) is 0 Å². The fraction of sp³-hybridized carbons (Fsp3) is 0.273. The summed E-state index contributed by atoms with van der Waals surface area (Å²) < 4.78 is 0. The Bertz CT molecular complexity index is 605. The molecule has 0 aliphatic heterocycles. The van der Waals surface area contributed by atoms with E-state index in [4.69, 9.17) is 18.0 Å².